The van der Waals surface area contributed by atoms with Gasteiger partial charge in [-0.3, -0.25) is 9.69 Å². The Morgan fingerprint density at radius 3 is 2.45 bits per heavy atom. The molecule has 244 valence electrons. The van der Waals surface area contributed by atoms with E-state index >= 15 is 0 Å². The van der Waals surface area contributed by atoms with Crippen molar-refractivity contribution in [3.8, 4) is 11.9 Å². The van der Waals surface area contributed by atoms with Crippen LogP contribution in [0.1, 0.15) is 36.5 Å². The van der Waals surface area contributed by atoms with Crippen LogP contribution >= 0.6 is 0 Å². The molecule has 0 bridgehead atoms. The van der Waals surface area contributed by atoms with Gasteiger partial charge in [0.15, 0.2) is 5.54 Å². The number of carbonyl (C=O) groups is 2. The quantitative estimate of drug-likeness (QED) is 0.407. The van der Waals surface area contributed by atoms with Gasteiger partial charge in [0.05, 0.1) is 34.4 Å². The number of urea groups is 1. The third kappa shape index (κ3) is 5.02. The summed E-state index contributed by atoms with van der Waals surface area (Å²) >= 11 is 0. The van der Waals surface area contributed by atoms with Gasteiger partial charge in [0, 0.05) is 49.4 Å². The minimum absolute atomic E-state index is 0.00684. The number of hydrogen-bond donors (Lipinski definition) is 1. The second-order valence-corrected chi connectivity index (χ2v) is 14.8. The highest BCUT2D eigenvalue weighted by atomic mass is 32.2. The smallest absolute Gasteiger partial charge is 0.318 e. The van der Waals surface area contributed by atoms with E-state index in [1.54, 1.807) is 42.2 Å². The Labute approximate surface area is 274 Å². The molecule has 1 unspecified atom stereocenters. The number of nitrogens with one attached hydrogen (secondary N) is 1. The van der Waals surface area contributed by atoms with Crippen LogP contribution in [0.2, 0.25) is 0 Å². The standard InChI is InChI=1S/C34H37N7O5S/c1-3-46-30-27(10-7-15-36-30)34(37-32(43)40-22-33(23-40)20-39(21-33)25-13-16-38(2)17-14-25)28-18-24(19-35)11-12-29(28)41(31(34)42)47(44,45)26-8-5-4-6-9-26/h4-12,15,18,25H,3,13-14,16-17,20-23H2,1-2H3,(H,37,43). The van der Waals surface area contributed by atoms with Gasteiger partial charge in [0.2, 0.25) is 5.88 Å². The molecule has 3 aromatic rings. The van der Waals surface area contributed by atoms with Crippen LogP contribution in [0.5, 0.6) is 5.88 Å². The molecular formula is C34H37N7O5S. The number of carbonyl (C=O) groups excluding carboxylic acids is 2. The lowest BCUT2D eigenvalue weighted by Crippen LogP contribution is -2.76. The minimum atomic E-state index is -4.44. The number of piperidine rings is 1. The number of anilines is 1. The minimum Gasteiger partial charge on any atom is -0.478 e. The van der Waals surface area contributed by atoms with Crippen molar-refractivity contribution in [3.63, 3.8) is 0 Å². The maximum absolute atomic E-state index is 14.9. The summed E-state index contributed by atoms with van der Waals surface area (Å²) in [4.78, 5) is 39.9. The first-order valence-electron chi connectivity index (χ1n) is 15.9. The Morgan fingerprint density at radius 1 is 1.04 bits per heavy atom. The Kier molecular flexibility index (Phi) is 7.69. The highest BCUT2D eigenvalue weighted by Gasteiger charge is 2.61. The highest BCUT2D eigenvalue weighted by molar-refractivity contribution is 7.93. The van der Waals surface area contributed by atoms with Crippen molar-refractivity contribution in [2.75, 3.05) is 57.2 Å². The zero-order chi connectivity index (χ0) is 33.0. The van der Waals surface area contributed by atoms with Gasteiger partial charge in [-0.05, 0) is 82.4 Å². The van der Waals surface area contributed by atoms with Gasteiger partial charge in [-0.1, -0.05) is 18.2 Å². The molecule has 7 rings (SSSR count). The second-order valence-electron chi connectivity index (χ2n) is 13.0. The van der Waals surface area contributed by atoms with E-state index in [1.807, 2.05) is 0 Å². The monoisotopic (exact) mass is 655 g/mol. The van der Waals surface area contributed by atoms with Gasteiger partial charge in [0.25, 0.3) is 15.9 Å². The van der Waals surface area contributed by atoms with Gasteiger partial charge in [-0.15, -0.1) is 0 Å². The summed E-state index contributed by atoms with van der Waals surface area (Å²) in [6, 6.07) is 17.3. The molecule has 1 spiro atoms. The van der Waals surface area contributed by atoms with Crippen LogP contribution in [0, 0.1) is 16.7 Å². The number of rotatable bonds is 7. The van der Waals surface area contributed by atoms with E-state index in [4.69, 9.17) is 4.74 Å². The number of sulfonamides is 1. The van der Waals surface area contributed by atoms with Crippen LogP contribution in [0.3, 0.4) is 0 Å². The zero-order valence-corrected chi connectivity index (χ0v) is 27.2. The van der Waals surface area contributed by atoms with Crippen LogP contribution < -0.4 is 14.4 Å². The van der Waals surface area contributed by atoms with Gasteiger partial charge in [-0.25, -0.2) is 18.2 Å². The SMILES string of the molecule is CCOc1ncccc1C1(NC(=O)N2CC3(C2)CN(C2CCN(C)CC2)C3)C(=O)N(S(=O)(=O)c2ccccc2)c2ccc(C#N)cc21. The van der Waals surface area contributed by atoms with Crippen LogP contribution in [-0.4, -0.2) is 99.0 Å². The van der Waals surface area contributed by atoms with E-state index in [1.165, 1.54) is 36.5 Å². The number of nitrogens with zero attached hydrogens (tertiary/aromatic N) is 6. The molecule has 4 aliphatic heterocycles. The molecule has 1 atom stereocenters. The summed E-state index contributed by atoms with van der Waals surface area (Å²) in [5, 5.41) is 12.8. The van der Waals surface area contributed by atoms with Crippen molar-refractivity contribution in [1.29, 1.82) is 5.26 Å². The number of hydrogen-bond acceptors (Lipinski definition) is 9. The molecule has 0 saturated carbocycles. The third-order valence-electron chi connectivity index (χ3n) is 9.91. The number of fused-ring (bicyclic) bond motifs is 1. The molecule has 3 fully saturated rings. The highest BCUT2D eigenvalue weighted by Crippen LogP contribution is 2.50. The number of aromatic nitrogens is 1. The molecule has 2 aromatic carbocycles. The van der Waals surface area contributed by atoms with E-state index < -0.39 is 27.5 Å². The Morgan fingerprint density at radius 2 is 1.77 bits per heavy atom. The summed E-state index contributed by atoms with van der Waals surface area (Å²) in [7, 11) is -2.29. The molecule has 0 aliphatic carbocycles. The molecule has 3 saturated heterocycles. The maximum Gasteiger partial charge on any atom is 0.318 e. The van der Waals surface area contributed by atoms with Crippen LogP contribution in [-0.2, 0) is 20.4 Å². The number of nitriles is 1. The first kappa shape index (κ1) is 31.1. The van der Waals surface area contributed by atoms with E-state index in [0.29, 0.717) is 19.1 Å². The van der Waals surface area contributed by atoms with Gasteiger partial charge >= 0.3 is 6.03 Å². The molecule has 47 heavy (non-hydrogen) atoms. The number of amides is 3. The van der Waals surface area contributed by atoms with Crippen molar-refractivity contribution >= 4 is 27.6 Å². The number of benzene rings is 2. The van der Waals surface area contributed by atoms with Crippen LogP contribution in [0.15, 0.2) is 71.8 Å². The predicted octanol–water partition coefficient (Wildman–Crippen LogP) is 2.75. The average molecular weight is 656 g/mol. The predicted molar refractivity (Wildman–Crippen MR) is 173 cm³/mol. The molecular weight excluding hydrogens is 618 g/mol. The number of ether oxygens (including phenoxy) is 1. The molecule has 1 aromatic heterocycles. The third-order valence-corrected chi connectivity index (χ3v) is 11.6. The van der Waals surface area contributed by atoms with Crippen molar-refractivity contribution < 1.29 is 22.7 Å². The van der Waals surface area contributed by atoms with Crippen LogP contribution in [0.4, 0.5) is 10.5 Å². The van der Waals surface area contributed by atoms with E-state index in [2.05, 4.69) is 33.2 Å². The van der Waals surface area contributed by atoms with Crippen molar-refractivity contribution in [2.45, 2.75) is 36.2 Å². The molecule has 13 heteroatoms. The van der Waals surface area contributed by atoms with Crippen molar-refractivity contribution in [1.82, 2.24) is 25.0 Å². The maximum atomic E-state index is 14.9. The lowest BCUT2D eigenvalue weighted by Gasteiger charge is -2.62. The van der Waals surface area contributed by atoms with Gasteiger partial charge in [0.1, 0.15) is 0 Å². The Hall–Kier alpha value is -4.51. The molecule has 0 radical (unpaired) electrons. The van der Waals surface area contributed by atoms with E-state index in [-0.39, 0.29) is 45.2 Å². The fourth-order valence-corrected chi connectivity index (χ4v) is 9.04. The van der Waals surface area contributed by atoms with Crippen molar-refractivity contribution in [2.24, 2.45) is 5.41 Å². The summed E-state index contributed by atoms with van der Waals surface area (Å²) < 4.78 is 34.9. The summed E-state index contributed by atoms with van der Waals surface area (Å²) in [6.45, 7) is 7.03. The van der Waals surface area contributed by atoms with E-state index in [9.17, 15) is 23.3 Å². The normalized spacial score (nSPS) is 22.7. The van der Waals surface area contributed by atoms with Gasteiger partial charge < -0.3 is 19.9 Å². The molecule has 5 heterocycles. The number of likely N-dealkylation sites (tertiary alicyclic amines) is 3. The molecule has 1 N–H and O–H groups in total. The lowest BCUT2D eigenvalue weighted by molar-refractivity contribution is -0.124. The topological polar surface area (TPSA) is 139 Å². The second kappa shape index (κ2) is 11.6. The first-order chi connectivity index (χ1) is 22.6. The fraction of sp³-hybridized carbons (Fsp3) is 0.412. The number of pyridine rings is 1. The van der Waals surface area contributed by atoms with E-state index in [0.717, 1.165) is 43.3 Å². The molecule has 4 aliphatic rings. The fourth-order valence-electron chi connectivity index (χ4n) is 7.55. The van der Waals surface area contributed by atoms with Crippen LogP contribution in [0.25, 0.3) is 0 Å². The summed E-state index contributed by atoms with van der Waals surface area (Å²) in [5.41, 5.74) is -1.49. The summed E-state index contributed by atoms with van der Waals surface area (Å²) in [5.74, 6) is -0.843. The zero-order valence-electron chi connectivity index (χ0n) is 26.4. The van der Waals surface area contributed by atoms with Gasteiger partial charge in [-0.2, -0.15) is 9.57 Å². The Balaban J connectivity index is 1.25. The lowest BCUT2D eigenvalue weighted by atomic mass is 9.71. The Bertz CT molecular complexity index is 1860. The first-order valence-corrected chi connectivity index (χ1v) is 17.3. The largest absolute Gasteiger partial charge is 0.478 e. The average Bonchev–Trinajstić information content (AvgIpc) is 3.29. The summed E-state index contributed by atoms with van der Waals surface area (Å²) in [6.07, 6.45) is 3.78. The molecule has 3 amide bonds. The molecule has 12 nitrogen and oxygen atoms in total. The van der Waals surface area contributed by atoms with Crippen molar-refractivity contribution in [3.05, 3.63) is 83.6 Å².